The Kier molecular flexibility index (Phi) is 7.85. The van der Waals surface area contributed by atoms with Crippen molar-refractivity contribution in [2.45, 2.75) is 51.2 Å². The molecule has 0 bridgehead atoms. The highest BCUT2D eigenvalue weighted by molar-refractivity contribution is 5.98. The summed E-state index contributed by atoms with van der Waals surface area (Å²) in [5.74, 6) is -0.665. The van der Waals surface area contributed by atoms with Crippen LogP contribution in [0.3, 0.4) is 0 Å². The van der Waals surface area contributed by atoms with E-state index in [0.717, 1.165) is 31.2 Å². The van der Waals surface area contributed by atoms with Crippen molar-refractivity contribution in [2.75, 3.05) is 7.11 Å². The molecule has 1 fully saturated rings. The number of urea groups is 1. The molecule has 0 heterocycles. The molecule has 0 aliphatic heterocycles. The number of imide groups is 1. The normalized spacial score (nSPS) is 15.8. The van der Waals surface area contributed by atoms with Gasteiger partial charge in [-0.3, -0.25) is 10.1 Å². The Bertz CT molecular complexity index is 695. The third kappa shape index (κ3) is 7.13. The lowest BCUT2D eigenvalue weighted by atomic mass is 9.96. The van der Waals surface area contributed by atoms with Crippen LogP contribution in [0.1, 0.15) is 44.6 Å². The van der Waals surface area contributed by atoms with Crippen LogP contribution in [-0.4, -0.2) is 37.2 Å². The maximum Gasteiger partial charge on any atom is 0.331 e. The van der Waals surface area contributed by atoms with Crippen LogP contribution in [0.15, 0.2) is 30.3 Å². The monoisotopic (exact) mass is 374 g/mol. The van der Waals surface area contributed by atoms with Crippen molar-refractivity contribution in [1.82, 2.24) is 10.6 Å². The zero-order valence-corrected chi connectivity index (χ0v) is 15.7. The largest absolute Gasteiger partial charge is 0.497 e. The first-order valence-electron chi connectivity index (χ1n) is 9.12. The first kappa shape index (κ1) is 20.5. The Morgan fingerprint density at radius 2 is 1.93 bits per heavy atom. The average Bonchev–Trinajstić information content (AvgIpc) is 2.67. The number of hydrogen-bond acceptors (Lipinski definition) is 5. The summed E-state index contributed by atoms with van der Waals surface area (Å²) in [5, 5.41) is 4.99. The van der Waals surface area contributed by atoms with Gasteiger partial charge in [-0.25, -0.2) is 9.59 Å². The van der Waals surface area contributed by atoms with Crippen LogP contribution in [-0.2, 0) is 14.3 Å². The molecule has 0 aromatic heterocycles. The molecule has 1 aliphatic rings. The molecule has 0 spiro atoms. The number of benzene rings is 1. The molecular formula is C20H26N2O5. The van der Waals surface area contributed by atoms with Gasteiger partial charge < -0.3 is 14.8 Å². The third-order valence-electron chi connectivity index (χ3n) is 4.34. The quantitative estimate of drug-likeness (QED) is 0.590. The van der Waals surface area contributed by atoms with Gasteiger partial charge >= 0.3 is 12.0 Å². The first-order valence-corrected chi connectivity index (χ1v) is 9.12. The summed E-state index contributed by atoms with van der Waals surface area (Å²) < 4.78 is 10.1. The Morgan fingerprint density at radius 1 is 1.19 bits per heavy atom. The van der Waals surface area contributed by atoms with Crippen molar-refractivity contribution in [1.29, 1.82) is 0 Å². The average molecular weight is 374 g/mol. The number of ether oxygens (including phenoxy) is 2. The van der Waals surface area contributed by atoms with Crippen molar-refractivity contribution >= 4 is 24.0 Å². The number of esters is 1. The van der Waals surface area contributed by atoms with Crippen LogP contribution in [0, 0.1) is 0 Å². The standard InChI is InChI=1S/C20H26N2O5/c1-14(19(24)22-20(25)21-16-8-4-3-5-9-16)27-18(23)12-11-15-7-6-10-17(13-15)26-2/h6-7,10-14,16H,3-5,8-9H2,1-2H3,(H2,21,22,24,25)/b12-11+/t14-/m1/s1. The second-order valence-electron chi connectivity index (χ2n) is 6.49. The van der Waals surface area contributed by atoms with Gasteiger partial charge in [-0.2, -0.15) is 0 Å². The minimum atomic E-state index is -1.08. The van der Waals surface area contributed by atoms with Gasteiger partial charge in [0.05, 0.1) is 7.11 Å². The van der Waals surface area contributed by atoms with Crippen molar-refractivity contribution in [3.63, 3.8) is 0 Å². The van der Waals surface area contributed by atoms with Crippen molar-refractivity contribution < 1.29 is 23.9 Å². The summed E-state index contributed by atoms with van der Waals surface area (Å²) in [6.45, 7) is 1.42. The van der Waals surface area contributed by atoms with Gasteiger partial charge in [0.2, 0.25) is 0 Å². The van der Waals surface area contributed by atoms with Crippen LogP contribution in [0.2, 0.25) is 0 Å². The predicted octanol–water partition coefficient (Wildman–Crippen LogP) is 2.80. The number of hydrogen-bond donors (Lipinski definition) is 2. The van der Waals surface area contributed by atoms with Crippen molar-refractivity contribution in [3.8, 4) is 5.75 Å². The molecule has 1 aliphatic carbocycles. The van der Waals surface area contributed by atoms with E-state index in [0.29, 0.717) is 5.75 Å². The number of carbonyl (C=O) groups is 3. The van der Waals surface area contributed by atoms with Gasteiger partial charge in [-0.1, -0.05) is 31.4 Å². The highest BCUT2D eigenvalue weighted by atomic mass is 16.5. The summed E-state index contributed by atoms with van der Waals surface area (Å²) in [6, 6.07) is 6.69. The molecule has 2 rings (SSSR count). The van der Waals surface area contributed by atoms with E-state index < -0.39 is 24.0 Å². The fourth-order valence-electron chi connectivity index (χ4n) is 2.86. The van der Waals surface area contributed by atoms with Crippen LogP contribution >= 0.6 is 0 Å². The molecule has 0 radical (unpaired) electrons. The van der Waals surface area contributed by atoms with Crippen molar-refractivity contribution in [2.24, 2.45) is 0 Å². The molecule has 0 unspecified atom stereocenters. The molecule has 1 aromatic rings. The minimum Gasteiger partial charge on any atom is -0.497 e. The second kappa shape index (κ2) is 10.4. The van der Waals surface area contributed by atoms with E-state index in [1.54, 1.807) is 37.5 Å². The molecule has 0 saturated heterocycles. The molecule has 2 N–H and O–H groups in total. The lowest BCUT2D eigenvalue weighted by Gasteiger charge is -2.23. The Balaban J connectivity index is 1.77. The first-order chi connectivity index (χ1) is 13.0. The molecular weight excluding hydrogens is 348 g/mol. The molecule has 7 heteroatoms. The second-order valence-corrected chi connectivity index (χ2v) is 6.49. The van der Waals surface area contributed by atoms with Gasteiger partial charge in [-0.15, -0.1) is 0 Å². The van der Waals surface area contributed by atoms with E-state index in [1.807, 2.05) is 0 Å². The maximum atomic E-state index is 12.0. The van der Waals surface area contributed by atoms with Crippen LogP contribution in [0.4, 0.5) is 4.79 Å². The lowest BCUT2D eigenvalue weighted by molar-refractivity contribution is -0.149. The predicted molar refractivity (Wildman–Crippen MR) is 101 cm³/mol. The number of amides is 3. The number of carbonyl (C=O) groups excluding carboxylic acids is 3. The Labute approximate surface area is 159 Å². The minimum absolute atomic E-state index is 0.0928. The summed E-state index contributed by atoms with van der Waals surface area (Å²) in [4.78, 5) is 35.7. The summed E-state index contributed by atoms with van der Waals surface area (Å²) >= 11 is 0. The lowest BCUT2D eigenvalue weighted by Crippen LogP contribution is -2.48. The van der Waals surface area contributed by atoms with Crippen LogP contribution in [0.5, 0.6) is 5.75 Å². The molecule has 3 amide bonds. The zero-order chi connectivity index (χ0) is 19.6. The SMILES string of the molecule is COc1cccc(/C=C/C(=O)O[C@H](C)C(=O)NC(=O)NC2CCCCC2)c1. The van der Waals surface area contributed by atoms with E-state index in [4.69, 9.17) is 9.47 Å². The third-order valence-corrected chi connectivity index (χ3v) is 4.34. The molecule has 146 valence electrons. The zero-order valence-electron chi connectivity index (χ0n) is 15.7. The number of rotatable bonds is 6. The fourth-order valence-corrected chi connectivity index (χ4v) is 2.86. The molecule has 27 heavy (non-hydrogen) atoms. The fraction of sp³-hybridized carbons (Fsp3) is 0.450. The van der Waals surface area contributed by atoms with Crippen LogP contribution in [0.25, 0.3) is 6.08 Å². The Morgan fingerprint density at radius 3 is 2.63 bits per heavy atom. The van der Waals surface area contributed by atoms with Gasteiger partial charge in [0, 0.05) is 12.1 Å². The van der Waals surface area contributed by atoms with Gasteiger partial charge in [0.15, 0.2) is 6.10 Å². The topological polar surface area (TPSA) is 93.7 Å². The highest BCUT2D eigenvalue weighted by Crippen LogP contribution is 2.17. The Hall–Kier alpha value is -2.83. The van der Waals surface area contributed by atoms with E-state index in [1.165, 1.54) is 19.4 Å². The molecule has 1 aromatic carbocycles. The summed E-state index contributed by atoms with van der Waals surface area (Å²) in [6.07, 6.45) is 6.87. The maximum absolute atomic E-state index is 12.0. The summed E-state index contributed by atoms with van der Waals surface area (Å²) in [7, 11) is 1.56. The van der Waals surface area contributed by atoms with E-state index in [2.05, 4.69) is 10.6 Å². The smallest absolute Gasteiger partial charge is 0.331 e. The van der Waals surface area contributed by atoms with Crippen molar-refractivity contribution in [3.05, 3.63) is 35.9 Å². The number of methoxy groups -OCH3 is 1. The number of nitrogens with one attached hydrogen (secondary N) is 2. The molecule has 1 atom stereocenters. The highest BCUT2D eigenvalue weighted by Gasteiger charge is 2.21. The van der Waals surface area contributed by atoms with Gasteiger partial charge in [0.1, 0.15) is 5.75 Å². The molecule has 1 saturated carbocycles. The van der Waals surface area contributed by atoms with Gasteiger partial charge in [0.25, 0.3) is 5.91 Å². The van der Waals surface area contributed by atoms with E-state index in [-0.39, 0.29) is 6.04 Å². The van der Waals surface area contributed by atoms with E-state index in [9.17, 15) is 14.4 Å². The van der Waals surface area contributed by atoms with E-state index >= 15 is 0 Å². The molecule has 7 nitrogen and oxygen atoms in total. The summed E-state index contributed by atoms with van der Waals surface area (Å²) in [5.41, 5.74) is 0.760. The van der Waals surface area contributed by atoms with Gasteiger partial charge in [-0.05, 0) is 43.5 Å². The van der Waals surface area contributed by atoms with Crippen LogP contribution < -0.4 is 15.4 Å².